The summed E-state index contributed by atoms with van der Waals surface area (Å²) in [5.74, 6) is 0.465. The molecule has 1 saturated heterocycles. The number of hydrogen-bond donors (Lipinski definition) is 1. The number of carbonyl (C=O) groups excluding carboxylic acids is 1. The van der Waals surface area contributed by atoms with Gasteiger partial charge in [-0.1, -0.05) is 18.2 Å². The Balaban J connectivity index is 1.51. The molecule has 1 fully saturated rings. The highest BCUT2D eigenvalue weighted by Crippen LogP contribution is 2.24. The topological polar surface area (TPSA) is 122 Å². The van der Waals surface area contributed by atoms with Gasteiger partial charge in [0.25, 0.3) is 5.69 Å². The Bertz CT molecular complexity index is 1070. The Morgan fingerprint density at radius 1 is 1.12 bits per heavy atom. The minimum atomic E-state index is -3.81. The van der Waals surface area contributed by atoms with E-state index >= 15 is 0 Å². The molecule has 0 bridgehead atoms. The van der Waals surface area contributed by atoms with Crippen LogP contribution in [0.5, 0.6) is 5.75 Å². The predicted octanol–water partition coefficient (Wildman–Crippen LogP) is 2.33. The van der Waals surface area contributed by atoms with Crippen LogP contribution in [0.3, 0.4) is 0 Å². The fraction of sp³-hybridized carbons (Fsp3) is 0.381. The van der Waals surface area contributed by atoms with Gasteiger partial charge in [-0.25, -0.2) is 8.42 Å². The number of nitro groups is 1. The summed E-state index contributed by atoms with van der Waals surface area (Å²) in [4.78, 5) is 24.6. The predicted molar refractivity (Wildman–Crippen MR) is 119 cm³/mol. The summed E-state index contributed by atoms with van der Waals surface area (Å²) < 4.78 is 32.5. The quantitative estimate of drug-likeness (QED) is 0.448. The highest BCUT2D eigenvalue weighted by atomic mass is 32.2. The minimum absolute atomic E-state index is 0.0903. The number of anilines is 1. The van der Waals surface area contributed by atoms with Gasteiger partial charge in [-0.15, -0.1) is 0 Å². The smallest absolute Gasteiger partial charge is 0.270 e. The van der Waals surface area contributed by atoms with Crippen LogP contribution in [0.1, 0.15) is 13.3 Å². The van der Waals surface area contributed by atoms with Crippen molar-refractivity contribution in [3.05, 3.63) is 58.6 Å². The van der Waals surface area contributed by atoms with Crippen molar-refractivity contribution in [1.29, 1.82) is 0 Å². The molecule has 2 aromatic rings. The van der Waals surface area contributed by atoms with Crippen LogP contribution in [-0.2, 0) is 14.8 Å². The standard InChI is InChI=1S/C21H26N4O6S/c1-2-31-20-9-4-3-8-19(20)22-21(26)10-11-23-12-14-24(15-13-23)32(29,30)18-7-5-6-17(16-18)25(27)28/h3-9,16H,2,10-15H2,1H3,(H,22,26). The lowest BCUT2D eigenvalue weighted by atomic mass is 10.2. The molecule has 1 N–H and O–H groups in total. The first-order valence-electron chi connectivity index (χ1n) is 10.3. The van der Waals surface area contributed by atoms with Crippen molar-refractivity contribution in [3.63, 3.8) is 0 Å². The van der Waals surface area contributed by atoms with Crippen LogP contribution in [0.25, 0.3) is 0 Å². The second-order valence-corrected chi connectivity index (χ2v) is 9.17. The summed E-state index contributed by atoms with van der Waals surface area (Å²) in [6.45, 7) is 4.30. The Morgan fingerprint density at radius 3 is 2.53 bits per heavy atom. The minimum Gasteiger partial charge on any atom is -0.492 e. The number of nitrogens with one attached hydrogen (secondary N) is 1. The van der Waals surface area contributed by atoms with E-state index in [9.17, 15) is 23.3 Å². The van der Waals surface area contributed by atoms with E-state index in [-0.39, 0.29) is 36.0 Å². The summed E-state index contributed by atoms with van der Waals surface area (Å²) in [6.07, 6.45) is 0.262. The van der Waals surface area contributed by atoms with E-state index in [1.54, 1.807) is 12.1 Å². The van der Waals surface area contributed by atoms with E-state index < -0.39 is 14.9 Å². The zero-order valence-corrected chi connectivity index (χ0v) is 18.6. The number of nitrogens with zero attached hydrogens (tertiary/aromatic N) is 3. The molecule has 1 aliphatic rings. The molecule has 172 valence electrons. The van der Waals surface area contributed by atoms with Gasteiger partial charge < -0.3 is 15.0 Å². The van der Waals surface area contributed by atoms with Crippen molar-refractivity contribution >= 4 is 27.3 Å². The third-order valence-electron chi connectivity index (χ3n) is 5.11. The molecule has 11 heteroatoms. The van der Waals surface area contributed by atoms with Crippen LogP contribution in [0, 0.1) is 10.1 Å². The zero-order valence-electron chi connectivity index (χ0n) is 17.8. The molecule has 0 spiro atoms. The van der Waals surface area contributed by atoms with E-state index in [1.807, 2.05) is 24.0 Å². The average molecular weight is 463 g/mol. The van der Waals surface area contributed by atoms with Crippen LogP contribution in [-0.4, -0.2) is 67.8 Å². The largest absolute Gasteiger partial charge is 0.492 e. The molecule has 1 aliphatic heterocycles. The van der Waals surface area contributed by atoms with E-state index in [1.165, 1.54) is 22.5 Å². The maximum atomic E-state index is 12.8. The van der Waals surface area contributed by atoms with E-state index in [0.29, 0.717) is 37.7 Å². The number of benzene rings is 2. The van der Waals surface area contributed by atoms with Crippen molar-refractivity contribution in [3.8, 4) is 5.75 Å². The van der Waals surface area contributed by atoms with Crippen molar-refractivity contribution in [2.45, 2.75) is 18.2 Å². The van der Waals surface area contributed by atoms with Gasteiger partial charge in [0, 0.05) is 51.3 Å². The zero-order chi connectivity index (χ0) is 23.1. The van der Waals surface area contributed by atoms with Gasteiger partial charge in [0.2, 0.25) is 15.9 Å². The number of hydrogen-bond acceptors (Lipinski definition) is 7. The molecule has 1 heterocycles. The maximum Gasteiger partial charge on any atom is 0.270 e. The number of ether oxygens (including phenoxy) is 1. The van der Waals surface area contributed by atoms with Gasteiger partial charge in [0.05, 0.1) is 22.1 Å². The SMILES string of the molecule is CCOc1ccccc1NC(=O)CCN1CCN(S(=O)(=O)c2cccc([N+](=O)[O-])c2)CC1. The van der Waals surface area contributed by atoms with Crippen LogP contribution < -0.4 is 10.1 Å². The molecule has 0 unspecified atom stereocenters. The van der Waals surface area contributed by atoms with Gasteiger partial charge >= 0.3 is 0 Å². The molecule has 32 heavy (non-hydrogen) atoms. The Labute approximate surface area is 187 Å². The van der Waals surface area contributed by atoms with Crippen LogP contribution in [0.4, 0.5) is 11.4 Å². The van der Waals surface area contributed by atoms with Gasteiger partial charge in [-0.2, -0.15) is 4.31 Å². The molecule has 0 saturated carbocycles. The molecule has 3 rings (SSSR count). The van der Waals surface area contributed by atoms with Crippen molar-refractivity contribution in [2.24, 2.45) is 0 Å². The number of nitro benzene ring substituents is 1. The summed E-state index contributed by atoms with van der Waals surface area (Å²) in [7, 11) is -3.81. The fourth-order valence-corrected chi connectivity index (χ4v) is 4.89. The molecular formula is C21H26N4O6S. The first-order chi connectivity index (χ1) is 15.3. The molecule has 0 radical (unpaired) electrons. The number of para-hydroxylation sites is 2. The van der Waals surface area contributed by atoms with E-state index in [4.69, 9.17) is 4.74 Å². The monoisotopic (exact) mass is 462 g/mol. The third-order valence-corrected chi connectivity index (χ3v) is 7.01. The lowest BCUT2D eigenvalue weighted by Crippen LogP contribution is -2.49. The number of piperazine rings is 1. The van der Waals surface area contributed by atoms with Crippen molar-refractivity contribution in [1.82, 2.24) is 9.21 Å². The number of rotatable bonds is 9. The van der Waals surface area contributed by atoms with Crippen molar-refractivity contribution < 1.29 is 22.9 Å². The Morgan fingerprint density at radius 2 is 1.84 bits per heavy atom. The molecule has 1 amide bonds. The Kier molecular flexibility index (Phi) is 7.78. The van der Waals surface area contributed by atoms with Gasteiger partial charge in [0.15, 0.2) is 0 Å². The normalized spacial score (nSPS) is 15.3. The molecule has 2 aromatic carbocycles. The lowest BCUT2D eigenvalue weighted by Gasteiger charge is -2.33. The first-order valence-corrected chi connectivity index (χ1v) is 11.7. The highest BCUT2D eigenvalue weighted by Gasteiger charge is 2.29. The number of sulfonamides is 1. The molecule has 0 atom stereocenters. The maximum absolute atomic E-state index is 12.8. The van der Waals surface area contributed by atoms with E-state index in [2.05, 4.69) is 5.32 Å². The molecule has 10 nitrogen and oxygen atoms in total. The van der Waals surface area contributed by atoms with Crippen molar-refractivity contribution in [2.75, 3.05) is 44.6 Å². The highest BCUT2D eigenvalue weighted by molar-refractivity contribution is 7.89. The van der Waals surface area contributed by atoms with Crippen LogP contribution in [0.2, 0.25) is 0 Å². The Hall–Kier alpha value is -3.02. The number of non-ortho nitro benzene ring substituents is 1. The summed E-state index contributed by atoms with van der Waals surface area (Å²) in [6, 6.07) is 12.3. The second-order valence-electron chi connectivity index (χ2n) is 7.23. The van der Waals surface area contributed by atoms with Gasteiger partial charge in [-0.05, 0) is 25.1 Å². The number of carbonyl (C=O) groups is 1. The first kappa shape index (κ1) is 23.6. The summed E-state index contributed by atoms with van der Waals surface area (Å²) in [5.41, 5.74) is 0.355. The summed E-state index contributed by atoms with van der Waals surface area (Å²) in [5, 5.41) is 13.8. The lowest BCUT2D eigenvalue weighted by molar-refractivity contribution is -0.385. The van der Waals surface area contributed by atoms with Gasteiger partial charge in [-0.3, -0.25) is 14.9 Å². The second kappa shape index (κ2) is 10.5. The van der Waals surface area contributed by atoms with Crippen LogP contribution >= 0.6 is 0 Å². The fourth-order valence-electron chi connectivity index (χ4n) is 3.42. The molecule has 0 aromatic heterocycles. The van der Waals surface area contributed by atoms with E-state index in [0.717, 1.165) is 6.07 Å². The average Bonchev–Trinajstić information content (AvgIpc) is 2.79. The third kappa shape index (κ3) is 5.81. The molecule has 0 aliphatic carbocycles. The molecular weight excluding hydrogens is 436 g/mol. The van der Waals surface area contributed by atoms with Gasteiger partial charge in [0.1, 0.15) is 5.75 Å². The summed E-state index contributed by atoms with van der Waals surface area (Å²) >= 11 is 0. The number of amides is 1. The van der Waals surface area contributed by atoms with Crippen LogP contribution in [0.15, 0.2) is 53.4 Å².